The summed E-state index contributed by atoms with van der Waals surface area (Å²) < 4.78 is 40.9. The number of hydrogen-bond acceptors (Lipinski definition) is 5. The van der Waals surface area contributed by atoms with Crippen LogP contribution in [-0.2, 0) is 20.8 Å². The summed E-state index contributed by atoms with van der Waals surface area (Å²) >= 11 is 0. The summed E-state index contributed by atoms with van der Waals surface area (Å²) in [7, 11) is -5.49. The fourth-order valence-corrected chi connectivity index (χ4v) is 4.76. The summed E-state index contributed by atoms with van der Waals surface area (Å²) in [4.78, 5) is 9.25. The zero-order valence-electron chi connectivity index (χ0n) is 15.7. The molecule has 0 aliphatic rings. The van der Waals surface area contributed by atoms with Crippen LogP contribution in [0.5, 0.6) is 0 Å². The summed E-state index contributed by atoms with van der Waals surface area (Å²) in [5.74, 6) is -0.139. The molecule has 0 radical (unpaired) electrons. The topological polar surface area (TPSA) is 89.0 Å². The van der Waals surface area contributed by atoms with Crippen LogP contribution in [0.3, 0.4) is 0 Å². The van der Waals surface area contributed by atoms with E-state index in [0.29, 0.717) is 10.6 Å². The first-order valence-electron chi connectivity index (χ1n) is 9.02. The number of nitrogens with zero attached hydrogens (tertiary/aromatic N) is 2. The van der Waals surface area contributed by atoms with E-state index in [1.54, 1.807) is 48.5 Å². The van der Waals surface area contributed by atoms with Crippen LogP contribution < -0.4 is 4.72 Å². The molecule has 4 aromatic rings. The third-order valence-electron chi connectivity index (χ3n) is 4.20. The Kier molecular flexibility index (Phi) is 5.69. The van der Waals surface area contributed by atoms with Gasteiger partial charge in [0.1, 0.15) is 15.8 Å². The monoisotopic (exact) mass is 435 g/mol. The minimum Gasteiger partial charge on any atom is -0.247 e. The molecule has 8 heteroatoms. The van der Waals surface area contributed by atoms with Gasteiger partial charge in [-0.25, -0.2) is 27.3 Å². The standard InChI is InChI=1S/C22H17N3O3S2/c26-29(18-12-6-2-7-13-18)21-16-20(17-10-4-1-5-11-17)23-22(24-21)25-30(27,28)19-14-8-3-9-15-19/h1-16H,(H,23,24,25). The maximum Gasteiger partial charge on any atom is 0.264 e. The van der Waals surface area contributed by atoms with Gasteiger partial charge in [0, 0.05) is 10.5 Å². The molecule has 0 spiro atoms. The second-order valence-electron chi connectivity index (χ2n) is 6.28. The molecule has 1 aromatic heterocycles. The molecule has 3 aromatic carbocycles. The Hall–Kier alpha value is -3.36. The molecule has 150 valence electrons. The maximum absolute atomic E-state index is 13.1. The van der Waals surface area contributed by atoms with Crippen molar-refractivity contribution < 1.29 is 12.6 Å². The van der Waals surface area contributed by atoms with Crippen LogP contribution in [0.4, 0.5) is 5.95 Å². The highest BCUT2D eigenvalue weighted by Gasteiger charge is 2.19. The third-order valence-corrected chi connectivity index (χ3v) is 6.83. The predicted molar refractivity (Wildman–Crippen MR) is 116 cm³/mol. The Morgan fingerprint density at radius 2 is 1.30 bits per heavy atom. The first-order valence-corrected chi connectivity index (χ1v) is 11.7. The second kappa shape index (κ2) is 8.56. The van der Waals surface area contributed by atoms with Crippen molar-refractivity contribution >= 4 is 26.8 Å². The molecule has 0 fully saturated rings. The van der Waals surface area contributed by atoms with E-state index in [-0.39, 0.29) is 15.9 Å². The molecule has 0 aliphatic carbocycles. The Morgan fingerprint density at radius 1 is 0.733 bits per heavy atom. The second-order valence-corrected chi connectivity index (χ2v) is 9.39. The van der Waals surface area contributed by atoms with E-state index in [4.69, 9.17) is 0 Å². The Balaban J connectivity index is 1.79. The van der Waals surface area contributed by atoms with Crippen molar-refractivity contribution in [2.45, 2.75) is 14.8 Å². The molecule has 4 rings (SSSR count). The molecule has 1 atom stereocenters. The number of sulfonamides is 1. The van der Waals surface area contributed by atoms with E-state index in [2.05, 4.69) is 14.7 Å². The van der Waals surface area contributed by atoms with Gasteiger partial charge in [0.15, 0.2) is 0 Å². The molecule has 30 heavy (non-hydrogen) atoms. The van der Waals surface area contributed by atoms with Crippen molar-refractivity contribution in [3.63, 3.8) is 0 Å². The van der Waals surface area contributed by atoms with Crippen molar-refractivity contribution in [1.29, 1.82) is 0 Å². The molecule has 0 amide bonds. The molecule has 0 saturated carbocycles. The smallest absolute Gasteiger partial charge is 0.247 e. The normalized spacial score (nSPS) is 12.3. The molecule has 0 saturated heterocycles. The van der Waals surface area contributed by atoms with Crippen molar-refractivity contribution in [3.05, 3.63) is 97.1 Å². The minimum atomic E-state index is -3.89. The lowest BCUT2D eigenvalue weighted by molar-refractivity contribution is 0.600. The first kappa shape index (κ1) is 19.9. The summed E-state index contributed by atoms with van der Waals surface area (Å²) in [5, 5.41) is 0.209. The highest BCUT2D eigenvalue weighted by atomic mass is 32.2. The lowest BCUT2D eigenvalue weighted by Gasteiger charge is -2.11. The Labute approximate surface area is 177 Å². The summed E-state index contributed by atoms with van der Waals surface area (Å²) in [6.07, 6.45) is 0. The van der Waals surface area contributed by atoms with Crippen LogP contribution in [-0.4, -0.2) is 22.6 Å². The Bertz CT molecular complexity index is 1280. The largest absolute Gasteiger partial charge is 0.264 e. The minimum absolute atomic E-state index is 0.0874. The van der Waals surface area contributed by atoms with Gasteiger partial charge >= 0.3 is 0 Å². The first-order chi connectivity index (χ1) is 14.5. The number of benzene rings is 3. The molecular formula is C22H17N3O3S2. The highest BCUT2D eigenvalue weighted by molar-refractivity contribution is 7.92. The molecule has 0 bridgehead atoms. The maximum atomic E-state index is 13.1. The zero-order chi connectivity index (χ0) is 21.0. The fraction of sp³-hybridized carbons (Fsp3) is 0. The lowest BCUT2D eigenvalue weighted by Crippen LogP contribution is -2.16. The summed E-state index contributed by atoms with van der Waals surface area (Å²) in [5.41, 5.74) is 1.22. The number of nitrogens with one attached hydrogen (secondary N) is 1. The highest BCUT2D eigenvalue weighted by Crippen LogP contribution is 2.24. The predicted octanol–water partition coefficient (Wildman–Crippen LogP) is 4.11. The molecule has 1 unspecified atom stereocenters. The molecule has 6 nitrogen and oxygen atoms in total. The van der Waals surface area contributed by atoms with Gasteiger partial charge in [-0.1, -0.05) is 66.7 Å². The molecule has 1 heterocycles. The SMILES string of the molecule is O=S(c1ccccc1)c1cc(-c2ccccc2)nc(NS(=O)(=O)c2ccccc2)n1. The van der Waals surface area contributed by atoms with E-state index in [1.807, 2.05) is 36.4 Å². The molecule has 0 aliphatic heterocycles. The fourth-order valence-electron chi connectivity index (χ4n) is 2.77. The quantitative estimate of drug-likeness (QED) is 0.461. The van der Waals surface area contributed by atoms with Crippen LogP contribution in [0.2, 0.25) is 0 Å². The molecular weight excluding hydrogens is 418 g/mol. The third kappa shape index (κ3) is 4.45. The van der Waals surface area contributed by atoms with Crippen LogP contribution >= 0.6 is 0 Å². The van der Waals surface area contributed by atoms with Crippen molar-refractivity contribution in [2.24, 2.45) is 0 Å². The van der Waals surface area contributed by atoms with Gasteiger partial charge < -0.3 is 0 Å². The Morgan fingerprint density at radius 3 is 1.93 bits per heavy atom. The lowest BCUT2D eigenvalue weighted by atomic mass is 10.1. The van der Waals surface area contributed by atoms with E-state index >= 15 is 0 Å². The average Bonchev–Trinajstić information content (AvgIpc) is 2.80. The van der Waals surface area contributed by atoms with Gasteiger partial charge in [0.2, 0.25) is 5.95 Å². The van der Waals surface area contributed by atoms with E-state index < -0.39 is 20.8 Å². The van der Waals surface area contributed by atoms with Crippen LogP contribution in [0.1, 0.15) is 0 Å². The van der Waals surface area contributed by atoms with Gasteiger partial charge in [-0.2, -0.15) is 0 Å². The number of rotatable bonds is 6. The van der Waals surface area contributed by atoms with Gasteiger partial charge in [-0.15, -0.1) is 0 Å². The average molecular weight is 436 g/mol. The van der Waals surface area contributed by atoms with Crippen molar-refractivity contribution in [3.8, 4) is 11.3 Å². The van der Waals surface area contributed by atoms with Crippen molar-refractivity contribution in [1.82, 2.24) is 9.97 Å². The van der Waals surface area contributed by atoms with E-state index in [9.17, 15) is 12.6 Å². The van der Waals surface area contributed by atoms with Gasteiger partial charge in [0.05, 0.1) is 10.6 Å². The summed E-state index contributed by atoms with van der Waals surface area (Å²) in [6, 6.07) is 27.7. The van der Waals surface area contributed by atoms with Gasteiger partial charge in [-0.3, -0.25) is 0 Å². The van der Waals surface area contributed by atoms with Crippen molar-refractivity contribution in [2.75, 3.05) is 4.72 Å². The van der Waals surface area contributed by atoms with Gasteiger partial charge in [0.25, 0.3) is 10.0 Å². The summed E-state index contributed by atoms with van der Waals surface area (Å²) in [6.45, 7) is 0. The van der Waals surface area contributed by atoms with Gasteiger partial charge in [-0.05, 0) is 30.3 Å². The van der Waals surface area contributed by atoms with E-state index in [0.717, 1.165) is 5.56 Å². The number of aromatic nitrogens is 2. The van der Waals surface area contributed by atoms with Crippen LogP contribution in [0.15, 0.2) is 112 Å². The van der Waals surface area contributed by atoms with Crippen LogP contribution in [0, 0.1) is 0 Å². The van der Waals surface area contributed by atoms with E-state index in [1.165, 1.54) is 12.1 Å². The number of anilines is 1. The number of hydrogen-bond donors (Lipinski definition) is 1. The van der Waals surface area contributed by atoms with Crippen LogP contribution in [0.25, 0.3) is 11.3 Å². The zero-order valence-corrected chi connectivity index (χ0v) is 17.3. The molecule has 1 N–H and O–H groups in total.